The fraction of sp³-hybridized carbons (Fsp3) is 0.300. The largest absolute Gasteiger partial charge is 0.446 e. The Morgan fingerprint density at radius 3 is 2.88 bits per heavy atom. The third kappa shape index (κ3) is 5.62. The van der Waals surface area contributed by atoms with Gasteiger partial charge in [-0.2, -0.15) is 0 Å². The van der Waals surface area contributed by atoms with Crippen molar-refractivity contribution in [1.82, 2.24) is 25.2 Å². The van der Waals surface area contributed by atoms with Crippen molar-refractivity contribution in [2.75, 3.05) is 25.3 Å². The Morgan fingerprint density at radius 1 is 1.25 bits per heavy atom. The summed E-state index contributed by atoms with van der Waals surface area (Å²) >= 11 is 0. The van der Waals surface area contributed by atoms with Crippen LogP contribution in [0.2, 0.25) is 0 Å². The molecule has 0 saturated carbocycles. The quantitative estimate of drug-likeness (QED) is 0.409. The monoisotopic (exact) mass is 439 g/mol. The number of carbonyl (C=O) groups is 1. The van der Waals surface area contributed by atoms with Gasteiger partial charge < -0.3 is 19.0 Å². The van der Waals surface area contributed by atoms with Crippen LogP contribution in [-0.4, -0.2) is 63.1 Å². The Hall–Kier alpha value is -3.90. The van der Waals surface area contributed by atoms with Gasteiger partial charge >= 0.3 is 6.09 Å². The van der Waals surface area contributed by atoms with E-state index in [1.165, 1.54) is 4.68 Å². The lowest BCUT2D eigenvalue weighted by atomic mass is 10.1. The van der Waals surface area contributed by atoms with Gasteiger partial charge in [0.2, 0.25) is 5.82 Å². The average Bonchev–Trinajstić information content (AvgIpc) is 3.48. The molecular weight excluding hydrogens is 418 g/mol. The number of oxime groups is 1. The van der Waals surface area contributed by atoms with Gasteiger partial charge in [-0.15, -0.1) is 5.10 Å². The summed E-state index contributed by atoms with van der Waals surface area (Å²) in [7, 11) is 1.72. The number of pyridine rings is 1. The molecule has 32 heavy (non-hydrogen) atoms. The number of carbonyl (C=O) groups excluding carboxylic acids is 1. The lowest BCUT2D eigenvalue weighted by molar-refractivity contribution is 0.0240. The summed E-state index contributed by atoms with van der Waals surface area (Å²) in [5, 5.41) is 18.3. The minimum Gasteiger partial charge on any atom is -0.446 e. The predicted molar refractivity (Wildman–Crippen MR) is 111 cm³/mol. The molecule has 2 aromatic heterocycles. The third-order valence-corrected chi connectivity index (χ3v) is 4.38. The summed E-state index contributed by atoms with van der Waals surface area (Å²) in [6, 6.07) is 14.6. The number of hydrogen-bond acceptors (Lipinski definition) is 10. The van der Waals surface area contributed by atoms with Gasteiger partial charge in [-0.05, 0) is 22.6 Å². The van der Waals surface area contributed by atoms with Gasteiger partial charge in [-0.3, -0.25) is 5.32 Å². The number of ether oxygens (including phenoxy) is 3. The highest BCUT2D eigenvalue weighted by Gasteiger charge is 2.18. The summed E-state index contributed by atoms with van der Waals surface area (Å²) in [5.41, 5.74) is 1.84. The number of amides is 1. The molecule has 0 bridgehead atoms. The van der Waals surface area contributed by atoms with Crippen LogP contribution < -0.4 is 5.32 Å². The van der Waals surface area contributed by atoms with E-state index in [4.69, 9.17) is 19.0 Å². The van der Waals surface area contributed by atoms with E-state index in [9.17, 15) is 4.79 Å². The standard InChI is InChI=1S/C20H21N7O5/c1-27-19(23-25-26-27)18(14-6-3-2-4-7-14)24-32-10-15-8-5-9-17(21-15)22-20(28)30-12-16-11-29-13-31-16/h2-9,16H,10-13H2,1H3,(H,21,22,28)/b24-18-. The van der Waals surface area contributed by atoms with E-state index < -0.39 is 6.09 Å². The van der Waals surface area contributed by atoms with E-state index in [0.29, 0.717) is 29.7 Å². The van der Waals surface area contributed by atoms with Crippen molar-refractivity contribution < 1.29 is 23.8 Å². The van der Waals surface area contributed by atoms with Crippen LogP contribution >= 0.6 is 0 Å². The van der Waals surface area contributed by atoms with E-state index in [2.05, 4.69) is 31.0 Å². The number of nitrogens with one attached hydrogen (secondary N) is 1. The number of tetrazole rings is 1. The van der Waals surface area contributed by atoms with E-state index in [0.717, 1.165) is 5.56 Å². The zero-order chi connectivity index (χ0) is 22.2. The van der Waals surface area contributed by atoms with Gasteiger partial charge in [0.1, 0.15) is 25.3 Å². The Bertz CT molecular complexity index is 1070. The number of aromatic nitrogens is 5. The predicted octanol–water partition coefficient (Wildman–Crippen LogP) is 1.50. The van der Waals surface area contributed by atoms with Crippen molar-refractivity contribution >= 4 is 17.6 Å². The Balaban J connectivity index is 1.37. The summed E-state index contributed by atoms with van der Waals surface area (Å²) in [6.45, 7) is 0.775. The second-order valence-electron chi connectivity index (χ2n) is 6.72. The van der Waals surface area contributed by atoms with Crippen molar-refractivity contribution in [3.05, 3.63) is 65.6 Å². The molecule has 3 heterocycles. The maximum atomic E-state index is 12.0. The Labute approximate surface area is 183 Å². The van der Waals surface area contributed by atoms with Crippen LogP contribution in [0.25, 0.3) is 0 Å². The molecule has 12 nitrogen and oxygen atoms in total. The molecular formula is C20H21N7O5. The smallest absolute Gasteiger partial charge is 0.412 e. The maximum Gasteiger partial charge on any atom is 0.412 e. The molecule has 0 radical (unpaired) electrons. The summed E-state index contributed by atoms with van der Waals surface area (Å²) in [4.78, 5) is 21.8. The topological polar surface area (TPSA) is 135 Å². The highest BCUT2D eigenvalue weighted by Crippen LogP contribution is 2.11. The van der Waals surface area contributed by atoms with Gasteiger partial charge in [0.25, 0.3) is 0 Å². The SMILES string of the molecule is Cn1nnnc1/C(=N\OCc1cccc(NC(=O)OCC2COCO2)n1)c1ccccc1. The Morgan fingerprint density at radius 2 is 2.12 bits per heavy atom. The normalized spacial score (nSPS) is 16.0. The molecule has 1 amide bonds. The number of nitrogens with zero attached hydrogens (tertiary/aromatic N) is 6. The van der Waals surface area contributed by atoms with Gasteiger partial charge in [0, 0.05) is 12.6 Å². The van der Waals surface area contributed by atoms with E-state index >= 15 is 0 Å². The molecule has 0 spiro atoms. The summed E-state index contributed by atoms with van der Waals surface area (Å²) < 4.78 is 16.9. The van der Waals surface area contributed by atoms with E-state index in [1.54, 1.807) is 25.2 Å². The zero-order valence-corrected chi connectivity index (χ0v) is 17.2. The van der Waals surface area contributed by atoms with Crippen LogP contribution in [0.4, 0.5) is 10.6 Å². The fourth-order valence-electron chi connectivity index (χ4n) is 2.82. The van der Waals surface area contributed by atoms with Crippen LogP contribution in [0.5, 0.6) is 0 Å². The molecule has 1 atom stereocenters. The second kappa shape index (κ2) is 10.4. The maximum absolute atomic E-state index is 12.0. The van der Waals surface area contributed by atoms with E-state index in [-0.39, 0.29) is 26.1 Å². The van der Waals surface area contributed by atoms with Crippen LogP contribution in [0.15, 0.2) is 53.7 Å². The molecule has 1 unspecified atom stereocenters. The van der Waals surface area contributed by atoms with Crippen molar-refractivity contribution in [3.63, 3.8) is 0 Å². The third-order valence-electron chi connectivity index (χ3n) is 4.38. The van der Waals surface area contributed by atoms with Crippen LogP contribution in [0, 0.1) is 0 Å². The molecule has 0 aliphatic carbocycles. The van der Waals surface area contributed by atoms with Crippen molar-refractivity contribution in [1.29, 1.82) is 0 Å². The highest BCUT2D eigenvalue weighted by atomic mass is 16.7. The summed E-state index contributed by atoms with van der Waals surface area (Å²) in [6.07, 6.45) is -0.889. The van der Waals surface area contributed by atoms with Gasteiger partial charge in [0.15, 0.2) is 12.3 Å². The molecule has 1 aliphatic rings. The molecule has 12 heteroatoms. The zero-order valence-electron chi connectivity index (χ0n) is 17.2. The van der Waals surface area contributed by atoms with Crippen molar-refractivity contribution in [2.45, 2.75) is 12.7 Å². The van der Waals surface area contributed by atoms with Crippen molar-refractivity contribution in [2.24, 2.45) is 12.2 Å². The fourth-order valence-corrected chi connectivity index (χ4v) is 2.82. The molecule has 4 rings (SSSR count). The van der Waals surface area contributed by atoms with Gasteiger partial charge in [-0.25, -0.2) is 14.5 Å². The number of hydrogen-bond donors (Lipinski definition) is 1. The minimum absolute atomic E-state index is 0.0689. The first-order valence-electron chi connectivity index (χ1n) is 9.76. The number of benzene rings is 1. The Kier molecular flexibility index (Phi) is 6.94. The molecule has 3 aromatic rings. The molecule has 166 valence electrons. The first-order valence-corrected chi connectivity index (χ1v) is 9.76. The second-order valence-corrected chi connectivity index (χ2v) is 6.72. The molecule has 1 saturated heterocycles. The number of anilines is 1. The van der Waals surface area contributed by atoms with Crippen LogP contribution in [0.3, 0.4) is 0 Å². The number of rotatable bonds is 8. The lowest BCUT2D eigenvalue weighted by Crippen LogP contribution is -2.23. The highest BCUT2D eigenvalue weighted by molar-refractivity contribution is 6.10. The molecule has 1 aromatic carbocycles. The first kappa shape index (κ1) is 21.3. The average molecular weight is 439 g/mol. The first-order chi connectivity index (χ1) is 15.7. The van der Waals surface area contributed by atoms with Gasteiger partial charge in [-0.1, -0.05) is 41.6 Å². The molecule has 1 aliphatic heterocycles. The molecule has 1 fully saturated rings. The van der Waals surface area contributed by atoms with Gasteiger partial charge in [0.05, 0.1) is 12.3 Å². The molecule has 1 N–H and O–H groups in total. The summed E-state index contributed by atoms with van der Waals surface area (Å²) in [5.74, 6) is 0.781. The lowest BCUT2D eigenvalue weighted by Gasteiger charge is -2.10. The van der Waals surface area contributed by atoms with Crippen LogP contribution in [0.1, 0.15) is 17.1 Å². The van der Waals surface area contributed by atoms with Crippen LogP contribution in [-0.2, 0) is 32.7 Å². The number of aryl methyl sites for hydroxylation is 1. The van der Waals surface area contributed by atoms with E-state index in [1.807, 2.05) is 30.3 Å². The minimum atomic E-state index is -0.634. The van der Waals surface area contributed by atoms with Crippen molar-refractivity contribution in [3.8, 4) is 0 Å².